The molecule has 1 aliphatic rings. The number of hydrogen-bond donors (Lipinski definition) is 1. The van der Waals surface area contributed by atoms with E-state index in [1.807, 2.05) is 4.90 Å². The van der Waals surface area contributed by atoms with E-state index in [1.54, 1.807) is 18.3 Å². The minimum absolute atomic E-state index is 0.110. The lowest BCUT2D eigenvalue weighted by Crippen LogP contribution is -2.33. The fraction of sp³-hybridized carbons (Fsp3) is 0.455. The number of carbonyl (C=O) groups excluding carboxylic acids is 1. The number of anilines is 1. The molecule has 0 spiro atoms. The van der Waals surface area contributed by atoms with Crippen molar-refractivity contribution in [3.05, 3.63) is 23.4 Å². The lowest BCUT2D eigenvalue weighted by atomic mass is 10.4. The van der Waals surface area contributed by atoms with Crippen LogP contribution in [-0.4, -0.2) is 35.4 Å². The van der Waals surface area contributed by atoms with E-state index in [-0.39, 0.29) is 12.5 Å². The number of hydrogen-bond acceptors (Lipinski definition) is 3. The van der Waals surface area contributed by atoms with Gasteiger partial charge in [0.2, 0.25) is 5.91 Å². The molecule has 0 radical (unpaired) electrons. The Morgan fingerprint density at radius 1 is 1.50 bits per heavy atom. The number of rotatable bonds is 3. The average Bonchev–Trinajstić information content (AvgIpc) is 2.81. The molecule has 86 valence electrons. The number of halogens is 1. The molecule has 1 fully saturated rings. The van der Waals surface area contributed by atoms with Crippen molar-refractivity contribution in [3.63, 3.8) is 0 Å². The van der Waals surface area contributed by atoms with E-state index in [0.29, 0.717) is 10.8 Å². The third-order valence-corrected chi connectivity index (χ3v) is 2.93. The highest BCUT2D eigenvalue weighted by Crippen LogP contribution is 2.17. The van der Waals surface area contributed by atoms with Crippen LogP contribution in [-0.2, 0) is 4.79 Å². The summed E-state index contributed by atoms with van der Waals surface area (Å²) in [6.07, 6.45) is 3.86. The monoisotopic (exact) mass is 239 g/mol. The summed E-state index contributed by atoms with van der Waals surface area (Å²) in [6, 6.07) is 3.51. The van der Waals surface area contributed by atoms with Gasteiger partial charge in [0.15, 0.2) is 0 Å². The van der Waals surface area contributed by atoms with E-state index in [0.717, 1.165) is 25.9 Å². The van der Waals surface area contributed by atoms with Gasteiger partial charge in [-0.05, 0) is 25.0 Å². The molecule has 0 unspecified atom stereocenters. The second-order valence-corrected chi connectivity index (χ2v) is 4.18. The van der Waals surface area contributed by atoms with Crippen molar-refractivity contribution < 1.29 is 4.79 Å². The zero-order chi connectivity index (χ0) is 11.4. The van der Waals surface area contributed by atoms with E-state index in [4.69, 9.17) is 11.6 Å². The summed E-state index contributed by atoms with van der Waals surface area (Å²) >= 11 is 5.92. The predicted octanol–water partition coefficient (Wildman–Crippen LogP) is 1.77. The third kappa shape index (κ3) is 2.64. The highest BCUT2D eigenvalue weighted by molar-refractivity contribution is 6.32. The van der Waals surface area contributed by atoms with Crippen LogP contribution in [0.4, 0.5) is 5.82 Å². The maximum Gasteiger partial charge on any atom is 0.241 e. The summed E-state index contributed by atoms with van der Waals surface area (Å²) in [4.78, 5) is 17.7. The molecule has 2 heterocycles. The van der Waals surface area contributed by atoms with Crippen LogP contribution < -0.4 is 5.32 Å². The topological polar surface area (TPSA) is 45.2 Å². The summed E-state index contributed by atoms with van der Waals surface area (Å²) in [5.41, 5.74) is 0. The molecule has 1 aromatic heterocycles. The SMILES string of the molecule is O=C(CNc1ncccc1Cl)N1CCCC1. The van der Waals surface area contributed by atoms with Crippen LogP contribution >= 0.6 is 11.6 Å². The van der Waals surface area contributed by atoms with Crippen molar-refractivity contribution in [1.82, 2.24) is 9.88 Å². The van der Waals surface area contributed by atoms with Gasteiger partial charge in [0, 0.05) is 19.3 Å². The highest BCUT2D eigenvalue weighted by atomic mass is 35.5. The van der Waals surface area contributed by atoms with Gasteiger partial charge >= 0.3 is 0 Å². The Morgan fingerprint density at radius 2 is 2.25 bits per heavy atom. The van der Waals surface area contributed by atoms with Crippen molar-refractivity contribution in [2.45, 2.75) is 12.8 Å². The van der Waals surface area contributed by atoms with Crippen molar-refractivity contribution in [2.24, 2.45) is 0 Å². The quantitative estimate of drug-likeness (QED) is 0.875. The van der Waals surface area contributed by atoms with Gasteiger partial charge in [-0.25, -0.2) is 4.98 Å². The van der Waals surface area contributed by atoms with Crippen LogP contribution in [0.5, 0.6) is 0 Å². The molecular weight excluding hydrogens is 226 g/mol. The first-order chi connectivity index (χ1) is 7.77. The molecule has 2 rings (SSSR count). The number of likely N-dealkylation sites (tertiary alicyclic amines) is 1. The highest BCUT2D eigenvalue weighted by Gasteiger charge is 2.17. The molecule has 0 aliphatic carbocycles. The Balaban J connectivity index is 1.87. The molecule has 16 heavy (non-hydrogen) atoms. The normalized spacial score (nSPS) is 15.2. The molecule has 0 atom stereocenters. The number of amides is 1. The minimum atomic E-state index is 0.110. The standard InChI is InChI=1S/C11H14ClN3O/c12-9-4-3-5-13-11(9)14-8-10(16)15-6-1-2-7-15/h3-5H,1-2,6-8H2,(H,13,14). The van der Waals surface area contributed by atoms with Crippen LogP contribution in [0.3, 0.4) is 0 Å². The maximum atomic E-state index is 11.7. The summed E-state index contributed by atoms with van der Waals surface area (Å²) in [6.45, 7) is 2.00. The van der Waals surface area contributed by atoms with Crippen molar-refractivity contribution >= 4 is 23.3 Å². The largest absolute Gasteiger partial charge is 0.360 e. The van der Waals surface area contributed by atoms with Gasteiger partial charge < -0.3 is 10.2 Å². The number of aromatic nitrogens is 1. The third-order valence-electron chi connectivity index (χ3n) is 2.62. The average molecular weight is 240 g/mol. The molecule has 4 nitrogen and oxygen atoms in total. The summed E-state index contributed by atoms with van der Waals surface area (Å²) < 4.78 is 0. The smallest absolute Gasteiger partial charge is 0.241 e. The molecule has 1 saturated heterocycles. The second kappa shape index (κ2) is 5.16. The second-order valence-electron chi connectivity index (χ2n) is 3.78. The predicted molar refractivity (Wildman–Crippen MR) is 63.6 cm³/mol. The summed E-state index contributed by atoms with van der Waals surface area (Å²) in [7, 11) is 0. The van der Waals surface area contributed by atoms with Gasteiger partial charge in [-0.1, -0.05) is 11.6 Å². The van der Waals surface area contributed by atoms with Crippen LogP contribution in [0.2, 0.25) is 5.02 Å². The van der Waals surface area contributed by atoms with Gasteiger partial charge in [0.05, 0.1) is 11.6 Å². The Bertz CT molecular complexity index is 377. The first kappa shape index (κ1) is 11.2. The van der Waals surface area contributed by atoms with Gasteiger partial charge in [-0.2, -0.15) is 0 Å². The minimum Gasteiger partial charge on any atom is -0.360 e. The van der Waals surface area contributed by atoms with Crippen LogP contribution in [0.15, 0.2) is 18.3 Å². The maximum absolute atomic E-state index is 11.7. The van der Waals surface area contributed by atoms with Gasteiger partial charge in [0.1, 0.15) is 5.82 Å². The van der Waals surface area contributed by atoms with E-state index in [1.165, 1.54) is 0 Å². The molecule has 5 heteroatoms. The van der Waals surface area contributed by atoms with E-state index in [2.05, 4.69) is 10.3 Å². The van der Waals surface area contributed by atoms with Crippen LogP contribution in [0, 0.1) is 0 Å². The summed E-state index contributed by atoms with van der Waals surface area (Å²) in [5.74, 6) is 0.677. The Kier molecular flexibility index (Phi) is 3.62. The van der Waals surface area contributed by atoms with Crippen molar-refractivity contribution in [3.8, 4) is 0 Å². The Morgan fingerprint density at radius 3 is 2.94 bits per heavy atom. The van der Waals surface area contributed by atoms with Gasteiger partial charge in [-0.3, -0.25) is 4.79 Å². The zero-order valence-electron chi connectivity index (χ0n) is 8.95. The first-order valence-corrected chi connectivity index (χ1v) is 5.77. The number of nitrogens with zero attached hydrogens (tertiary/aromatic N) is 2. The van der Waals surface area contributed by atoms with Crippen molar-refractivity contribution in [1.29, 1.82) is 0 Å². The first-order valence-electron chi connectivity index (χ1n) is 5.39. The fourth-order valence-corrected chi connectivity index (χ4v) is 1.94. The molecule has 1 aromatic rings. The molecule has 0 bridgehead atoms. The molecule has 0 saturated carbocycles. The molecule has 1 aliphatic heterocycles. The van der Waals surface area contributed by atoms with E-state index < -0.39 is 0 Å². The van der Waals surface area contributed by atoms with E-state index >= 15 is 0 Å². The Labute approximate surface area is 99.6 Å². The number of carbonyl (C=O) groups is 1. The Hall–Kier alpha value is -1.29. The van der Waals surface area contributed by atoms with Gasteiger partial charge in [0.25, 0.3) is 0 Å². The number of nitrogens with one attached hydrogen (secondary N) is 1. The lowest BCUT2D eigenvalue weighted by Gasteiger charge is -2.15. The molecular formula is C11H14ClN3O. The molecule has 0 aromatic carbocycles. The van der Waals surface area contributed by atoms with Crippen LogP contribution in [0.25, 0.3) is 0 Å². The molecule has 1 amide bonds. The lowest BCUT2D eigenvalue weighted by molar-refractivity contribution is -0.128. The van der Waals surface area contributed by atoms with Gasteiger partial charge in [-0.15, -0.1) is 0 Å². The number of pyridine rings is 1. The fourth-order valence-electron chi connectivity index (χ4n) is 1.75. The van der Waals surface area contributed by atoms with Crippen LogP contribution in [0.1, 0.15) is 12.8 Å². The zero-order valence-corrected chi connectivity index (χ0v) is 9.70. The van der Waals surface area contributed by atoms with Crippen molar-refractivity contribution in [2.75, 3.05) is 25.0 Å². The van der Waals surface area contributed by atoms with E-state index in [9.17, 15) is 4.79 Å². The summed E-state index contributed by atoms with van der Waals surface area (Å²) in [5, 5.41) is 3.49. The molecule has 1 N–H and O–H groups in total.